The monoisotopic (exact) mass is 231 g/mol. The minimum atomic E-state index is 0.341. The maximum Gasteiger partial charge on any atom is 0.100 e. The lowest BCUT2D eigenvalue weighted by molar-refractivity contribution is 1.31. The molecule has 0 N–H and O–H groups in total. The molecule has 1 aromatic carbocycles. The largest absolute Gasteiger partial charge is 0.192 e. The van der Waals surface area contributed by atoms with E-state index in [2.05, 4.69) is 0 Å². The zero-order valence-electron chi connectivity index (χ0n) is 7.81. The van der Waals surface area contributed by atoms with E-state index in [1.165, 1.54) is 33.7 Å². The molecule has 5 heteroatoms. The highest BCUT2D eigenvalue weighted by Crippen LogP contribution is 2.34. The maximum atomic E-state index is 8.89. The Balaban J connectivity index is 3.44. The lowest BCUT2D eigenvalue weighted by atomic mass is 10.1. The fourth-order valence-electron chi connectivity index (χ4n) is 1.03. The predicted molar refractivity (Wildman–Crippen MR) is 60.0 cm³/mol. The molecule has 3 nitrogen and oxygen atoms in total. The van der Waals surface area contributed by atoms with Gasteiger partial charge in [-0.25, -0.2) is 0 Å². The molecule has 0 aliphatic carbocycles. The Bertz CT molecular complexity index is 468. The first kappa shape index (κ1) is 11.5. The molecule has 0 amide bonds. The van der Waals surface area contributed by atoms with Gasteiger partial charge in [0.2, 0.25) is 0 Å². The molecule has 72 valence electrons. The molecule has 0 aromatic heterocycles. The van der Waals surface area contributed by atoms with Crippen LogP contribution in [-0.4, -0.2) is 6.26 Å². The molecule has 0 heterocycles. The van der Waals surface area contributed by atoms with E-state index in [-0.39, 0.29) is 0 Å². The third-order valence-electron chi connectivity index (χ3n) is 1.63. The zero-order chi connectivity index (χ0) is 11.3. The SMILES string of the molecule is CSSc1c(C#N)cc(C#N)cc1C#N. The van der Waals surface area contributed by atoms with Crippen LogP contribution in [0.15, 0.2) is 17.0 Å². The quantitative estimate of drug-likeness (QED) is 0.732. The fourth-order valence-corrected chi connectivity index (χ4v) is 2.63. The Morgan fingerprint density at radius 3 is 1.87 bits per heavy atom. The molecule has 0 atom stereocenters. The topological polar surface area (TPSA) is 71.4 Å². The van der Waals surface area contributed by atoms with Crippen molar-refractivity contribution in [2.75, 3.05) is 6.26 Å². The van der Waals surface area contributed by atoms with Gasteiger partial charge in [-0.1, -0.05) is 21.6 Å². The molecule has 0 fully saturated rings. The summed E-state index contributed by atoms with van der Waals surface area (Å²) in [5.74, 6) is 0. The van der Waals surface area contributed by atoms with Crippen LogP contribution in [0, 0.1) is 34.0 Å². The minimum absolute atomic E-state index is 0.341. The highest BCUT2D eigenvalue weighted by molar-refractivity contribution is 8.76. The summed E-state index contributed by atoms with van der Waals surface area (Å²) in [4.78, 5) is 0.631. The van der Waals surface area contributed by atoms with Gasteiger partial charge in [-0.2, -0.15) is 15.8 Å². The lowest BCUT2D eigenvalue weighted by Crippen LogP contribution is -1.89. The highest BCUT2D eigenvalue weighted by atomic mass is 33.1. The Morgan fingerprint density at radius 1 is 1.00 bits per heavy atom. The number of rotatable bonds is 2. The average Bonchev–Trinajstić information content (AvgIpc) is 2.29. The molecular weight excluding hydrogens is 226 g/mol. The van der Waals surface area contributed by atoms with E-state index in [1.54, 1.807) is 0 Å². The van der Waals surface area contributed by atoms with Crippen LogP contribution in [0.5, 0.6) is 0 Å². The molecule has 0 saturated heterocycles. The standard InChI is InChI=1S/C10H5N3S2/c1-14-15-10-8(5-12)2-7(4-11)3-9(10)6-13/h2-3H,1H3. The first-order chi connectivity index (χ1) is 7.26. The number of nitrogens with zero attached hydrogens (tertiary/aromatic N) is 3. The molecule has 0 aliphatic rings. The van der Waals surface area contributed by atoms with Gasteiger partial charge in [-0.15, -0.1) is 0 Å². The molecule has 1 rings (SSSR count). The van der Waals surface area contributed by atoms with Gasteiger partial charge in [-0.3, -0.25) is 0 Å². The van der Waals surface area contributed by atoms with Crippen molar-refractivity contribution in [2.24, 2.45) is 0 Å². The van der Waals surface area contributed by atoms with E-state index in [1.807, 2.05) is 24.5 Å². The molecule has 0 unspecified atom stereocenters. The van der Waals surface area contributed by atoms with Crippen molar-refractivity contribution in [3.63, 3.8) is 0 Å². The van der Waals surface area contributed by atoms with Gasteiger partial charge in [0.15, 0.2) is 0 Å². The molecule has 0 radical (unpaired) electrons. The summed E-state index contributed by atoms with van der Waals surface area (Å²) in [5.41, 5.74) is 1.10. The second-order valence-corrected chi connectivity index (χ2v) is 4.89. The summed E-state index contributed by atoms with van der Waals surface area (Å²) in [6.45, 7) is 0. The van der Waals surface area contributed by atoms with Gasteiger partial charge in [0.25, 0.3) is 0 Å². The van der Waals surface area contributed by atoms with E-state index in [4.69, 9.17) is 15.8 Å². The Morgan fingerprint density at radius 2 is 1.53 bits per heavy atom. The van der Waals surface area contributed by atoms with E-state index < -0.39 is 0 Å². The van der Waals surface area contributed by atoms with Crippen LogP contribution < -0.4 is 0 Å². The van der Waals surface area contributed by atoms with E-state index in [9.17, 15) is 0 Å². The second kappa shape index (κ2) is 5.32. The summed E-state index contributed by atoms with van der Waals surface area (Å²) in [6.07, 6.45) is 1.87. The molecular formula is C10H5N3S2. The number of hydrogen-bond donors (Lipinski definition) is 0. The van der Waals surface area contributed by atoms with Gasteiger partial charge in [0, 0.05) is 0 Å². The Labute approximate surface area is 95.7 Å². The van der Waals surface area contributed by atoms with Crippen molar-refractivity contribution in [3.05, 3.63) is 28.8 Å². The van der Waals surface area contributed by atoms with Crippen LogP contribution in [-0.2, 0) is 0 Å². The molecule has 0 aliphatic heterocycles. The first-order valence-corrected chi connectivity index (χ1v) is 6.41. The third kappa shape index (κ3) is 2.44. The van der Waals surface area contributed by atoms with E-state index in [0.29, 0.717) is 21.6 Å². The number of hydrogen-bond acceptors (Lipinski definition) is 5. The van der Waals surface area contributed by atoms with Crippen LogP contribution in [0.4, 0.5) is 0 Å². The molecule has 15 heavy (non-hydrogen) atoms. The van der Waals surface area contributed by atoms with Crippen molar-refractivity contribution in [3.8, 4) is 18.2 Å². The van der Waals surface area contributed by atoms with Crippen molar-refractivity contribution in [2.45, 2.75) is 4.90 Å². The first-order valence-electron chi connectivity index (χ1n) is 3.85. The normalized spacial score (nSPS) is 8.67. The van der Waals surface area contributed by atoms with Crippen molar-refractivity contribution in [1.29, 1.82) is 15.8 Å². The molecule has 0 spiro atoms. The van der Waals surface area contributed by atoms with Crippen LogP contribution in [0.25, 0.3) is 0 Å². The van der Waals surface area contributed by atoms with Crippen LogP contribution >= 0.6 is 21.6 Å². The van der Waals surface area contributed by atoms with Gasteiger partial charge in [0.05, 0.1) is 27.7 Å². The maximum absolute atomic E-state index is 8.89. The number of nitriles is 3. The van der Waals surface area contributed by atoms with Gasteiger partial charge >= 0.3 is 0 Å². The molecule has 1 aromatic rings. The fraction of sp³-hybridized carbons (Fsp3) is 0.100. The zero-order valence-corrected chi connectivity index (χ0v) is 9.45. The Hall–Kier alpha value is -1.61. The third-order valence-corrected chi connectivity index (χ3v) is 3.40. The van der Waals surface area contributed by atoms with E-state index in [0.717, 1.165) is 0 Å². The average molecular weight is 231 g/mol. The highest BCUT2D eigenvalue weighted by Gasteiger charge is 2.11. The second-order valence-electron chi connectivity index (χ2n) is 2.49. The predicted octanol–water partition coefficient (Wildman–Crippen LogP) is 2.67. The van der Waals surface area contributed by atoms with Crippen molar-refractivity contribution >= 4 is 21.6 Å². The summed E-state index contributed by atoms with van der Waals surface area (Å²) in [7, 11) is 2.82. The van der Waals surface area contributed by atoms with Crippen LogP contribution in [0.3, 0.4) is 0 Å². The van der Waals surface area contributed by atoms with Crippen LogP contribution in [0.1, 0.15) is 16.7 Å². The Kier molecular flexibility index (Phi) is 4.06. The summed E-state index contributed by atoms with van der Waals surface area (Å²) in [5, 5.41) is 26.5. The van der Waals surface area contributed by atoms with Gasteiger partial charge in [0.1, 0.15) is 12.1 Å². The van der Waals surface area contributed by atoms with Crippen molar-refractivity contribution < 1.29 is 0 Å². The molecule has 0 bridgehead atoms. The lowest BCUT2D eigenvalue weighted by Gasteiger charge is -2.03. The van der Waals surface area contributed by atoms with E-state index >= 15 is 0 Å². The summed E-state index contributed by atoms with van der Waals surface area (Å²) in [6, 6.07) is 8.91. The minimum Gasteiger partial charge on any atom is -0.192 e. The number of benzene rings is 1. The summed E-state index contributed by atoms with van der Waals surface area (Å²) < 4.78 is 0. The molecule has 0 saturated carbocycles. The van der Waals surface area contributed by atoms with Crippen molar-refractivity contribution in [1.82, 2.24) is 0 Å². The van der Waals surface area contributed by atoms with Crippen LogP contribution in [0.2, 0.25) is 0 Å². The smallest absolute Gasteiger partial charge is 0.100 e. The summed E-state index contributed by atoms with van der Waals surface area (Å²) >= 11 is 0. The van der Waals surface area contributed by atoms with Gasteiger partial charge in [-0.05, 0) is 18.4 Å². The van der Waals surface area contributed by atoms with Gasteiger partial charge < -0.3 is 0 Å².